The molecule has 0 spiro atoms. The maximum atomic E-state index is 14.5. The Bertz CT molecular complexity index is 825. The summed E-state index contributed by atoms with van der Waals surface area (Å²) in [7, 11) is 0. The fourth-order valence-corrected chi connectivity index (χ4v) is 3.31. The van der Waals surface area contributed by atoms with E-state index in [1.807, 2.05) is 5.48 Å². The van der Waals surface area contributed by atoms with Crippen molar-refractivity contribution in [1.82, 2.24) is 5.48 Å². The Morgan fingerprint density at radius 3 is 2.77 bits per heavy atom. The van der Waals surface area contributed by atoms with Crippen LogP contribution < -0.4 is 10.8 Å². The van der Waals surface area contributed by atoms with Crippen LogP contribution in [0.5, 0.6) is 0 Å². The fourth-order valence-electron chi connectivity index (χ4n) is 1.89. The second-order valence-corrected chi connectivity index (χ2v) is 6.74. The van der Waals surface area contributed by atoms with E-state index in [2.05, 4.69) is 15.3 Å². The number of oxime groups is 1. The van der Waals surface area contributed by atoms with E-state index in [9.17, 15) is 18.0 Å². The first-order valence-corrected chi connectivity index (χ1v) is 9.49. The number of anilines is 1. The number of benzene rings is 1. The lowest BCUT2D eigenvalue weighted by molar-refractivity contribution is 0.0168. The lowest BCUT2D eigenvalue weighted by atomic mass is 10.1. The number of carbonyl (C=O) groups is 1. The number of hydrogen-bond acceptors (Lipinski definition) is 6. The molecule has 4 N–H and O–H groups in total. The van der Waals surface area contributed by atoms with Crippen LogP contribution in [0, 0.1) is 11.6 Å². The highest BCUT2D eigenvalue weighted by atomic mass is 127. The average molecular weight is 483 g/mol. The molecule has 1 heterocycles. The van der Waals surface area contributed by atoms with Crippen LogP contribution in [0.3, 0.4) is 0 Å². The minimum atomic E-state index is -1.47. The molecule has 26 heavy (non-hydrogen) atoms. The zero-order valence-corrected chi connectivity index (χ0v) is 15.1. The summed E-state index contributed by atoms with van der Waals surface area (Å²) < 4.78 is 45.4. The van der Waals surface area contributed by atoms with Gasteiger partial charge in [0.2, 0.25) is 0 Å². The molecule has 0 saturated heterocycles. The molecule has 1 aliphatic rings. The SMILES string of the molecule is O=C(NOCCO)c1cc(/C=N/O)c(F)c(F)c1NC1=C(F)C=IC=C1. The normalized spacial score (nSPS) is 13.8. The Labute approximate surface area is 155 Å². The van der Waals surface area contributed by atoms with Gasteiger partial charge >= 0.3 is 0 Å². The van der Waals surface area contributed by atoms with Crippen molar-refractivity contribution in [1.29, 1.82) is 0 Å². The first kappa shape index (κ1) is 20.1. The largest absolute Gasteiger partial charge is 0.411 e. The molecule has 0 bridgehead atoms. The monoisotopic (exact) mass is 483 g/mol. The Morgan fingerprint density at radius 1 is 1.35 bits per heavy atom. The van der Waals surface area contributed by atoms with E-state index in [0.717, 1.165) is 6.07 Å². The number of aliphatic hydroxyl groups excluding tert-OH is 1. The molecule has 11 heteroatoms. The molecular formula is C15H13F3IN3O4. The predicted octanol–water partition coefficient (Wildman–Crippen LogP) is 2.32. The maximum absolute atomic E-state index is 14.5. The number of nitrogens with one attached hydrogen (secondary N) is 2. The van der Waals surface area contributed by atoms with Gasteiger partial charge < -0.3 is 15.6 Å². The van der Waals surface area contributed by atoms with Gasteiger partial charge in [0.05, 0.1) is 36.4 Å². The number of nitrogens with zero attached hydrogens (tertiary/aromatic N) is 1. The van der Waals surface area contributed by atoms with E-state index >= 15 is 0 Å². The van der Waals surface area contributed by atoms with E-state index < -0.39 is 60.9 Å². The summed E-state index contributed by atoms with van der Waals surface area (Å²) >= 11 is -0.599. The number of aliphatic hydroxyl groups is 1. The Hall–Kier alpha value is -2.25. The molecule has 1 aromatic rings. The molecule has 1 aliphatic heterocycles. The number of hydroxylamine groups is 1. The molecule has 0 aromatic heterocycles. The van der Waals surface area contributed by atoms with Crippen LogP contribution in [0.25, 0.3) is 0 Å². The summed E-state index contributed by atoms with van der Waals surface area (Å²) in [5.41, 5.74) is 0.253. The number of carbonyl (C=O) groups excluding carboxylic acids is 1. The summed E-state index contributed by atoms with van der Waals surface area (Å²) in [5.74, 6) is -4.49. The van der Waals surface area contributed by atoms with Gasteiger partial charge in [-0.1, -0.05) is 25.9 Å². The average Bonchev–Trinajstić information content (AvgIpc) is 2.63. The number of amides is 1. The minimum absolute atomic E-state index is 0.136. The van der Waals surface area contributed by atoms with Gasteiger partial charge in [0.25, 0.3) is 5.91 Å². The van der Waals surface area contributed by atoms with Gasteiger partial charge in [-0.15, -0.1) is 0 Å². The lowest BCUT2D eigenvalue weighted by Crippen LogP contribution is -2.27. The van der Waals surface area contributed by atoms with E-state index in [1.165, 1.54) is 10.1 Å². The summed E-state index contributed by atoms with van der Waals surface area (Å²) in [5, 5.41) is 22.2. The van der Waals surface area contributed by atoms with Crippen molar-refractivity contribution in [3.05, 3.63) is 50.5 Å². The molecule has 2 rings (SSSR count). The molecule has 0 atom stereocenters. The predicted molar refractivity (Wildman–Crippen MR) is 97.2 cm³/mol. The van der Waals surface area contributed by atoms with Crippen LogP contribution >= 0.6 is 20.7 Å². The van der Waals surface area contributed by atoms with Crippen molar-refractivity contribution in [2.24, 2.45) is 5.16 Å². The van der Waals surface area contributed by atoms with Gasteiger partial charge in [0.1, 0.15) is 0 Å². The van der Waals surface area contributed by atoms with Gasteiger partial charge in [0, 0.05) is 9.58 Å². The first-order chi connectivity index (χ1) is 12.5. The van der Waals surface area contributed by atoms with Crippen LogP contribution in [0.1, 0.15) is 15.9 Å². The smallest absolute Gasteiger partial charge is 0.277 e. The quantitative estimate of drug-likeness (QED) is 0.157. The van der Waals surface area contributed by atoms with Crippen molar-refractivity contribution in [2.75, 3.05) is 18.5 Å². The first-order valence-electron chi connectivity index (χ1n) is 7.00. The van der Waals surface area contributed by atoms with Crippen LogP contribution in [0.4, 0.5) is 18.9 Å². The highest BCUT2D eigenvalue weighted by Gasteiger charge is 2.23. The number of halogens is 4. The zero-order valence-electron chi connectivity index (χ0n) is 13.0. The Kier molecular flexibility index (Phi) is 7.29. The number of allylic oxidation sites excluding steroid dienone is 2. The van der Waals surface area contributed by atoms with Gasteiger partial charge in [0.15, 0.2) is 17.5 Å². The molecule has 140 valence electrons. The fraction of sp³-hybridized carbons (Fsp3) is 0.133. The van der Waals surface area contributed by atoms with Gasteiger partial charge in [-0.3, -0.25) is 9.63 Å². The highest BCUT2D eigenvalue weighted by Crippen LogP contribution is 2.29. The van der Waals surface area contributed by atoms with E-state index in [0.29, 0.717) is 6.21 Å². The molecule has 0 aliphatic carbocycles. The highest BCUT2D eigenvalue weighted by molar-refractivity contribution is 14.2. The van der Waals surface area contributed by atoms with E-state index in [4.69, 9.17) is 10.3 Å². The zero-order chi connectivity index (χ0) is 19.1. The van der Waals surface area contributed by atoms with Crippen molar-refractivity contribution in [2.45, 2.75) is 0 Å². The summed E-state index contributed by atoms with van der Waals surface area (Å²) in [6.07, 6.45) is 1.97. The molecule has 0 fully saturated rings. The third-order valence-electron chi connectivity index (χ3n) is 3.01. The lowest BCUT2D eigenvalue weighted by Gasteiger charge is -2.16. The Balaban J connectivity index is 2.50. The molecule has 0 unspecified atom stereocenters. The second-order valence-electron chi connectivity index (χ2n) is 4.68. The van der Waals surface area contributed by atoms with Crippen molar-refractivity contribution in [3.63, 3.8) is 0 Å². The standard InChI is InChI=1S/C15H13F3IN3O4/c16-10-6-19-2-1-11(10)21-14-9(15(24)22-26-4-3-23)5-8(7-20-25)12(17)13(14)18/h1-2,5-7,21,23,25H,3-4H2,(H,22,24)/b20-7+. The number of hydrogen-bond donors (Lipinski definition) is 4. The summed E-state index contributed by atoms with van der Waals surface area (Å²) in [6.45, 7) is -0.613. The maximum Gasteiger partial charge on any atom is 0.277 e. The van der Waals surface area contributed by atoms with Gasteiger partial charge in [-0.05, 0) is 16.2 Å². The summed E-state index contributed by atoms with van der Waals surface area (Å²) in [4.78, 5) is 16.9. The molecule has 1 amide bonds. The summed E-state index contributed by atoms with van der Waals surface area (Å²) in [6, 6.07) is 0.903. The third kappa shape index (κ3) is 4.68. The van der Waals surface area contributed by atoms with Crippen LogP contribution in [-0.2, 0) is 4.84 Å². The van der Waals surface area contributed by atoms with Crippen molar-refractivity contribution >= 4 is 42.6 Å². The molecule has 0 radical (unpaired) electrons. The Morgan fingerprint density at radius 2 is 2.12 bits per heavy atom. The third-order valence-corrected chi connectivity index (χ3v) is 4.69. The van der Waals surface area contributed by atoms with Crippen LogP contribution in [-0.4, -0.2) is 39.7 Å². The topological polar surface area (TPSA) is 103 Å². The van der Waals surface area contributed by atoms with E-state index in [-0.39, 0.29) is 18.9 Å². The molecular weight excluding hydrogens is 470 g/mol. The molecule has 1 aromatic carbocycles. The van der Waals surface area contributed by atoms with Gasteiger partial charge in [-0.25, -0.2) is 18.7 Å². The van der Waals surface area contributed by atoms with Crippen LogP contribution in [0.15, 0.2) is 32.9 Å². The minimum Gasteiger partial charge on any atom is -0.411 e. The van der Waals surface area contributed by atoms with Crippen molar-refractivity contribution in [3.8, 4) is 0 Å². The molecule has 7 nitrogen and oxygen atoms in total. The number of rotatable bonds is 7. The van der Waals surface area contributed by atoms with Crippen molar-refractivity contribution < 1.29 is 33.1 Å². The van der Waals surface area contributed by atoms with Gasteiger partial charge in [-0.2, -0.15) is 0 Å². The van der Waals surface area contributed by atoms with Crippen LogP contribution in [0.2, 0.25) is 0 Å². The molecule has 0 saturated carbocycles. The second kappa shape index (κ2) is 9.45. The van der Waals surface area contributed by atoms with E-state index in [1.54, 1.807) is 4.08 Å².